The van der Waals surface area contributed by atoms with Gasteiger partial charge in [0.1, 0.15) is 5.75 Å². The zero-order valence-corrected chi connectivity index (χ0v) is 10.9. The third-order valence-electron chi connectivity index (χ3n) is 3.01. The van der Waals surface area contributed by atoms with Crippen LogP contribution in [0.15, 0.2) is 60.7 Å². The Balaban J connectivity index is 2.06. The lowest BCUT2D eigenvalue weighted by Crippen LogP contribution is -1.91. The summed E-state index contributed by atoms with van der Waals surface area (Å²) in [6.07, 6.45) is 0. The highest BCUT2D eigenvalue weighted by atomic mass is 35.5. The molecule has 0 spiro atoms. The summed E-state index contributed by atoms with van der Waals surface area (Å²) in [5.41, 5.74) is 1.42. The molecule has 0 bridgehead atoms. The van der Waals surface area contributed by atoms with E-state index in [2.05, 4.69) is 5.32 Å². The lowest BCUT2D eigenvalue weighted by atomic mass is 10.1. The Labute approximate surface area is 116 Å². The molecule has 0 aliphatic rings. The molecule has 0 unspecified atom stereocenters. The maximum absolute atomic E-state index is 10.1. The Bertz CT molecular complexity index is 740. The highest BCUT2D eigenvalue weighted by molar-refractivity contribution is 6.33. The molecule has 0 fully saturated rings. The van der Waals surface area contributed by atoms with Crippen molar-refractivity contribution in [2.24, 2.45) is 0 Å². The van der Waals surface area contributed by atoms with Crippen LogP contribution in [0, 0.1) is 0 Å². The first-order chi connectivity index (χ1) is 9.24. The minimum atomic E-state index is 0.207. The SMILES string of the molecule is Oc1cc2ccccc2cc1Nc1ccccc1Cl. The maximum Gasteiger partial charge on any atom is 0.139 e. The molecule has 2 N–H and O–H groups in total. The van der Waals surface area contributed by atoms with Crippen LogP contribution in [0.5, 0.6) is 5.75 Å². The molecule has 3 aromatic carbocycles. The van der Waals surface area contributed by atoms with Crippen molar-refractivity contribution < 1.29 is 5.11 Å². The van der Waals surface area contributed by atoms with E-state index in [0.29, 0.717) is 10.7 Å². The van der Waals surface area contributed by atoms with Crippen molar-refractivity contribution in [3.63, 3.8) is 0 Å². The van der Waals surface area contributed by atoms with E-state index < -0.39 is 0 Å². The van der Waals surface area contributed by atoms with Crippen molar-refractivity contribution in [2.45, 2.75) is 0 Å². The van der Waals surface area contributed by atoms with Gasteiger partial charge in [0.25, 0.3) is 0 Å². The summed E-state index contributed by atoms with van der Waals surface area (Å²) in [5, 5.41) is 15.9. The first kappa shape index (κ1) is 11.9. The van der Waals surface area contributed by atoms with Gasteiger partial charge in [-0.3, -0.25) is 0 Å². The molecular formula is C16H12ClNO. The molecule has 3 rings (SSSR count). The summed E-state index contributed by atoms with van der Waals surface area (Å²) in [7, 11) is 0. The van der Waals surface area contributed by atoms with Gasteiger partial charge in [-0.05, 0) is 35.0 Å². The van der Waals surface area contributed by atoms with Crippen molar-refractivity contribution in [3.8, 4) is 5.75 Å². The maximum atomic E-state index is 10.1. The minimum absolute atomic E-state index is 0.207. The summed E-state index contributed by atoms with van der Waals surface area (Å²) in [5.74, 6) is 0.207. The highest BCUT2D eigenvalue weighted by Gasteiger charge is 2.06. The lowest BCUT2D eigenvalue weighted by Gasteiger charge is -2.11. The van der Waals surface area contributed by atoms with E-state index in [1.54, 1.807) is 6.07 Å². The highest BCUT2D eigenvalue weighted by Crippen LogP contribution is 2.33. The van der Waals surface area contributed by atoms with Gasteiger partial charge in [0, 0.05) is 0 Å². The summed E-state index contributed by atoms with van der Waals surface area (Å²) in [6, 6.07) is 19.0. The molecule has 0 saturated carbocycles. The molecule has 3 heteroatoms. The number of benzene rings is 3. The van der Waals surface area contributed by atoms with Crippen LogP contribution >= 0.6 is 11.6 Å². The van der Waals surface area contributed by atoms with Gasteiger partial charge in [0.05, 0.1) is 16.4 Å². The standard InChI is InChI=1S/C16H12ClNO/c17-13-7-3-4-8-14(13)18-15-9-11-5-1-2-6-12(11)10-16(15)19/h1-10,18-19H. The van der Waals surface area contributed by atoms with Crippen LogP contribution in [-0.4, -0.2) is 5.11 Å². The zero-order valence-electron chi connectivity index (χ0n) is 10.1. The van der Waals surface area contributed by atoms with E-state index in [1.807, 2.05) is 54.6 Å². The Morgan fingerprint density at radius 1 is 0.789 bits per heavy atom. The Hall–Kier alpha value is -2.19. The van der Waals surface area contributed by atoms with Crippen LogP contribution in [0.3, 0.4) is 0 Å². The summed E-state index contributed by atoms with van der Waals surface area (Å²) < 4.78 is 0. The number of phenols is 1. The molecule has 0 saturated heterocycles. The molecule has 2 nitrogen and oxygen atoms in total. The van der Waals surface area contributed by atoms with Gasteiger partial charge >= 0.3 is 0 Å². The van der Waals surface area contributed by atoms with Gasteiger partial charge in [-0.25, -0.2) is 0 Å². The van der Waals surface area contributed by atoms with Crippen LogP contribution in [0.2, 0.25) is 5.02 Å². The fourth-order valence-electron chi connectivity index (χ4n) is 2.04. The second-order valence-electron chi connectivity index (χ2n) is 4.32. The van der Waals surface area contributed by atoms with E-state index in [4.69, 9.17) is 11.6 Å². The molecule has 3 aromatic rings. The number of rotatable bonds is 2. The van der Waals surface area contributed by atoms with Crippen LogP contribution in [-0.2, 0) is 0 Å². The van der Waals surface area contributed by atoms with Gasteiger partial charge in [-0.15, -0.1) is 0 Å². The number of para-hydroxylation sites is 1. The van der Waals surface area contributed by atoms with Crippen LogP contribution in [0.25, 0.3) is 10.8 Å². The van der Waals surface area contributed by atoms with Gasteiger partial charge in [-0.2, -0.15) is 0 Å². The summed E-state index contributed by atoms with van der Waals surface area (Å²) >= 11 is 6.10. The average Bonchev–Trinajstić information content (AvgIpc) is 2.42. The number of hydrogen-bond donors (Lipinski definition) is 2. The van der Waals surface area contributed by atoms with Gasteiger partial charge < -0.3 is 10.4 Å². The van der Waals surface area contributed by atoms with Crippen molar-refractivity contribution in [3.05, 3.63) is 65.7 Å². The third kappa shape index (κ3) is 2.35. The van der Waals surface area contributed by atoms with Crippen LogP contribution in [0.1, 0.15) is 0 Å². The number of fused-ring (bicyclic) bond motifs is 1. The van der Waals surface area contributed by atoms with Crippen LogP contribution in [0.4, 0.5) is 11.4 Å². The van der Waals surface area contributed by atoms with Gasteiger partial charge in [-0.1, -0.05) is 48.0 Å². The molecule has 0 atom stereocenters. The lowest BCUT2D eigenvalue weighted by molar-refractivity contribution is 0.478. The van der Waals surface area contributed by atoms with Crippen LogP contribution < -0.4 is 5.32 Å². The third-order valence-corrected chi connectivity index (χ3v) is 3.34. The number of aromatic hydroxyl groups is 1. The number of halogens is 1. The summed E-state index contributed by atoms with van der Waals surface area (Å²) in [6.45, 7) is 0. The van der Waals surface area contributed by atoms with Crippen molar-refractivity contribution in [2.75, 3.05) is 5.32 Å². The molecular weight excluding hydrogens is 258 g/mol. The Morgan fingerprint density at radius 3 is 2.16 bits per heavy atom. The molecule has 19 heavy (non-hydrogen) atoms. The van der Waals surface area contributed by atoms with Crippen molar-refractivity contribution >= 4 is 33.7 Å². The number of hydrogen-bond acceptors (Lipinski definition) is 2. The van der Waals surface area contributed by atoms with E-state index in [9.17, 15) is 5.11 Å². The number of nitrogens with one attached hydrogen (secondary N) is 1. The first-order valence-electron chi connectivity index (χ1n) is 5.97. The topological polar surface area (TPSA) is 32.3 Å². The molecule has 0 radical (unpaired) electrons. The normalized spacial score (nSPS) is 10.6. The van der Waals surface area contributed by atoms with Crippen molar-refractivity contribution in [1.29, 1.82) is 0 Å². The minimum Gasteiger partial charge on any atom is -0.506 e. The molecule has 0 amide bonds. The molecule has 0 aromatic heterocycles. The second-order valence-corrected chi connectivity index (χ2v) is 4.73. The average molecular weight is 270 g/mol. The monoisotopic (exact) mass is 269 g/mol. The van der Waals surface area contributed by atoms with E-state index in [-0.39, 0.29) is 5.75 Å². The Kier molecular flexibility index (Phi) is 3.02. The van der Waals surface area contributed by atoms with Gasteiger partial charge in [0.15, 0.2) is 0 Å². The fourth-order valence-corrected chi connectivity index (χ4v) is 2.22. The Morgan fingerprint density at radius 2 is 1.42 bits per heavy atom. The number of phenolic OH excluding ortho intramolecular Hbond substituents is 1. The summed E-state index contributed by atoms with van der Waals surface area (Å²) in [4.78, 5) is 0. The van der Waals surface area contributed by atoms with E-state index in [0.717, 1.165) is 16.5 Å². The largest absolute Gasteiger partial charge is 0.506 e. The number of anilines is 2. The van der Waals surface area contributed by atoms with Gasteiger partial charge in [0.2, 0.25) is 0 Å². The predicted octanol–water partition coefficient (Wildman–Crippen LogP) is 4.94. The second kappa shape index (κ2) is 4.82. The van der Waals surface area contributed by atoms with E-state index >= 15 is 0 Å². The smallest absolute Gasteiger partial charge is 0.139 e. The van der Waals surface area contributed by atoms with Crippen molar-refractivity contribution in [1.82, 2.24) is 0 Å². The molecule has 0 aliphatic carbocycles. The first-order valence-corrected chi connectivity index (χ1v) is 6.35. The predicted molar refractivity (Wildman–Crippen MR) is 80.3 cm³/mol. The quantitative estimate of drug-likeness (QED) is 0.646. The zero-order chi connectivity index (χ0) is 13.2. The molecule has 0 heterocycles. The van der Waals surface area contributed by atoms with E-state index in [1.165, 1.54) is 0 Å². The molecule has 94 valence electrons. The fraction of sp³-hybridized carbons (Fsp3) is 0. The molecule has 0 aliphatic heterocycles.